The van der Waals surface area contributed by atoms with Crippen molar-refractivity contribution in [1.29, 1.82) is 0 Å². The summed E-state index contributed by atoms with van der Waals surface area (Å²) < 4.78 is 1.75. The zero-order valence-corrected chi connectivity index (χ0v) is 15.7. The van der Waals surface area contributed by atoms with Crippen LogP contribution < -0.4 is 16.8 Å². The van der Waals surface area contributed by atoms with Gasteiger partial charge in [-0.3, -0.25) is 0 Å². The number of imidazole rings is 1. The zero-order chi connectivity index (χ0) is 19.1. The van der Waals surface area contributed by atoms with E-state index in [0.717, 1.165) is 48.3 Å². The van der Waals surface area contributed by atoms with Crippen LogP contribution in [0.5, 0.6) is 0 Å². The first-order valence-electron chi connectivity index (χ1n) is 9.83. The van der Waals surface area contributed by atoms with E-state index in [-0.39, 0.29) is 6.04 Å². The summed E-state index contributed by atoms with van der Waals surface area (Å²) in [4.78, 5) is 4.55. The number of nitrogens with zero attached hydrogens (tertiary/aromatic N) is 3. The van der Waals surface area contributed by atoms with Gasteiger partial charge in [-0.1, -0.05) is 30.3 Å². The standard InChI is InChI=1S/C22H24N6/c23-17-8-5-15(6-9-17)19-20(22-25-11-12-28(22)27-21(19)24)26-18-10-7-14-3-1-2-4-16(14)13-18/h1-4,7,10-13,15,17,26H,5-6,8-9,23H2,(H2,24,27). The molecular formula is C22H24N6. The summed E-state index contributed by atoms with van der Waals surface area (Å²) in [6.07, 6.45) is 7.66. The highest BCUT2D eigenvalue weighted by Crippen LogP contribution is 2.41. The van der Waals surface area contributed by atoms with Gasteiger partial charge in [-0.25, -0.2) is 9.50 Å². The van der Waals surface area contributed by atoms with Crippen LogP contribution in [0.25, 0.3) is 16.4 Å². The highest BCUT2D eigenvalue weighted by Gasteiger charge is 2.27. The van der Waals surface area contributed by atoms with Gasteiger partial charge in [0.05, 0.1) is 5.69 Å². The second kappa shape index (κ2) is 6.80. The molecule has 0 atom stereocenters. The number of nitrogens with two attached hydrogens (primary N) is 2. The second-order valence-electron chi connectivity index (χ2n) is 7.67. The van der Waals surface area contributed by atoms with E-state index in [1.54, 1.807) is 10.7 Å². The van der Waals surface area contributed by atoms with E-state index in [9.17, 15) is 0 Å². The fourth-order valence-corrected chi connectivity index (χ4v) is 4.33. The molecule has 6 heteroatoms. The summed E-state index contributed by atoms with van der Waals surface area (Å²) in [5.74, 6) is 0.909. The van der Waals surface area contributed by atoms with Gasteiger partial charge in [0.25, 0.3) is 0 Å². The van der Waals surface area contributed by atoms with E-state index in [4.69, 9.17) is 11.5 Å². The Hall–Kier alpha value is -3.12. The van der Waals surface area contributed by atoms with Gasteiger partial charge in [0.15, 0.2) is 5.65 Å². The number of fused-ring (bicyclic) bond motifs is 2. The van der Waals surface area contributed by atoms with Gasteiger partial charge >= 0.3 is 0 Å². The molecule has 5 N–H and O–H groups in total. The van der Waals surface area contributed by atoms with Crippen molar-refractivity contribution < 1.29 is 0 Å². The minimum atomic E-state index is 0.289. The van der Waals surface area contributed by atoms with Crippen LogP contribution in [0.4, 0.5) is 17.2 Å². The molecule has 0 saturated heterocycles. The summed E-state index contributed by atoms with van der Waals surface area (Å²) in [5, 5.41) is 10.6. The lowest BCUT2D eigenvalue weighted by atomic mass is 9.81. The number of nitrogen functional groups attached to an aromatic ring is 1. The van der Waals surface area contributed by atoms with Crippen LogP contribution >= 0.6 is 0 Å². The molecule has 0 radical (unpaired) electrons. The molecule has 1 fully saturated rings. The third kappa shape index (κ3) is 2.96. The van der Waals surface area contributed by atoms with Crippen molar-refractivity contribution in [2.24, 2.45) is 5.73 Å². The SMILES string of the molecule is Nc1nn2ccnc2c(Nc2ccc3ccccc3c2)c1C1CCC(N)CC1. The summed E-state index contributed by atoms with van der Waals surface area (Å²) >= 11 is 0. The number of hydrogen-bond acceptors (Lipinski definition) is 5. The van der Waals surface area contributed by atoms with E-state index in [2.05, 4.69) is 57.9 Å². The van der Waals surface area contributed by atoms with Crippen LogP contribution in [0.15, 0.2) is 54.9 Å². The predicted molar refractivity (Wildman–Crippen MR) is 114 cm³/mol. The van der Waals surface area contributed by atoms with Gasteiger partial charge in [-0.15, -0.1) is 5.10 Å². The summed E-state index contributed by atoms with van der Waals surface area (Å²) in [7, 11) is 0. The number of aromatic nitrogens is 3. The first-order chi connectivity index (χ1) is 13.7. The first-order valence-corrected chi connectivity index (χ1v) is 9.83. The Labute approximate surface area is 163 Å². The fraction of sp³-hybridized carbons (Fsp3) is 0.273. The molecule has 4 aromatic rings. The number of anilines is 3. The number of hydrogen-bond donors (Lipinski definition) is 3. The molecule has 2 heterocycles. The molecule has 1 saturated carbocycles. The Morgan fingerprint density at radius 3 is 2.61 bits per heavy atom. The van der Waals surface area contributed by atoms with E-state index in [1.807, 2.05) is 6.20 Å². The number of rotatable bonds is 3. The zero-order valence-electron chi connectivity index (χ0n) is 15.7. The maximum absolute atomic E-state index is 6.43. The Kier molecular flexibility index (Phi) is 4.13. The summed E-state index contributed by atoms with van der Waals surface area (Å²) in [6.45, 7) is 0. The van der Waals surface area contributed by atoms with Crippen LogP contribution in [0.1, 0.15) is 37.2 Å². The molecule has 0 unspecified atom stereocenters. The smallest absolute Gasteiger partial charge is 0.177 e. The third-order valence-electron chi connectivity index (χ3n) is 5.80. The molecule has 1 aliphatic carbocycles. The molecule has 0 bridgehead atoms. The molecule has 0 amide bonds. The normalized spacial score (nSPS) is 19.9. The minimum Gasteiger partial charge on any atom is -0.382 e. The monoisotopic (exact) mass is 372 g/mol. The molecule has 0 spiro atoms. The molecule has 2 aromatic carbocycles. The molecular weight excluding hydrogens is 348 g/mol. The first kappa shape index (κ1) is 17.0. The van der Waals surface area contributed by atoms with Crippen molar-refractivity contribution in [3.05, 3.63) is 60.4 Å². The maximum Gasteiger partial charge on any atom is 0.177 e. The lowest BCUT2D eigenvalue weighted by molar-refractivity contribution is 0.396. The second-order valence-corrected chi connectivity index (χ2v) is 7.67. The maximum atomic E-state index is 6.43. The molecule has 6 nitrogen and oxygen atoms in total. The Balaban J connectivity index is 1.61. The molecule has 1 aliphatic rings. The van der Waals surface area contributed by atoms with Crippen molar-refractivity contribution in [3.8, 4) is 0 Å². The van der Waals surface area contributed by atoms with Crippen molar-refractivity contribution in [3.63, 3.8) is 0 Å². The van der Waals surface area contributed by atoms with Crippen LogP contribution in [0.3, 0.4) is 0 Å². The largest absolute Gasteiger partial charge is 0.382 e. The lowest BCUT2D eigenvalue weighted by Crippen LogP contribution is -2.26. The van der Waals surface area contributed by atoms with Crippen LogP contribution in [-0.4, -0.2) is 20.6 Å². The van der Waals surface area contributed by atoms with Crippen LogP contribution in [-0.2, 0) is 0 Å². The van der Waals surface area contributed by atoms with E-state index < -0.39 is 0 Å². The van der Waals surface area contributed by atoms with Gasteiger partial charge < -0.3 is 16.8 Å². The molecule has 28 heavy (non-hydrogen) atoms. The minimum absolute atomic E-state index is 0.289. The van der Waals surface area contributed by atoms with Crippen LogP contribution in [0.2, 0.25) is 0 Å². The molecule has 2 aromatic heterocycles. The predicted octanol–water partition coefficient (Wildman–Crippen LogP) is 4.19. The molecule has 0 aliphatic heterocycles. The highest BCUT2D eigenvalue weighted by atomic mass is 15.3. The Morgan fingerprint density at radius 2 is 1.79 bits per heavy atom. The topological polar surface area (TPSA) is 94.3 Å². The van der Waals surface area contributed by atoms with E-state index >= 15 is 0 Å². The van der Waals surface area contributed by atoms with Crippen molar-refractivity contribution in [2.75, 3.05) is 11.1 Å². The van der Waals surface area contributed by atoms with Gasteiger partial charge in [-0.05, 0) is 54.5 Å². The lowest BCUT2D eigenvalue weighted by Gasteiger charge is -2.28. The quantitative estimate of drug-likeness (QED) is 0.501. The summed E-state index contributed by atoms with van der Waals surface area (Å²) in [6, 6.07) is 15.0. The average Bonchev–Trinajstić information content (AvgIpc) is 3.17. The average molecular weight is 372 g/mol. The van der Waals surface area contributed by atoms with Crippen molar-refractivity contribution >= 4 is 33.6 Å². The van der Waals surface area contributed by atoms with Crippen molar-refractivity contribution in [2.45, 2.75) is 37.6 Å². The van der Waals surface area contributed by atoms with Crippen LogP contribution in [0, 0.1) is 0 Å². The third-order valence-corrected chi connectivity index (χ3v) is 5.80. The van der Waals surface area contributed by atoms with Gasteiger partial charge in [0, 0.05) is 29.7 Å². The number of benzene rings is 2. The van der Waals surface area contributed by atoms with E-state index in [0.29, 0.717) is 11.7 Å². The van der Waals surface area contributed by atoms with E-state index in [1.165, 1.54) is 10.8 Å². The Bertz CT molecular complexity index is 1140. The van der Waals surface area contributed by atoms with Gasteiger partial charge in [-0.2, -0.15) is 0 Å². The molecule has 5 rings (SSSR count). The van der Waals surface area contributed by atoms with Gasteiger partial charge in [0.1, 0.15) is 5.82 Å². The number of nitrogens with one attached hydrogen (secondary N) is 1. The molecule has 142 valence electrons. The highest BCUT2D eigenvalue weighted by molar-refractivity contribution is 5.88. The fourth-order valence-electron chi connectivity index (χ4n) is 4.33. The van der Waals surface area contributed by atoms with Gasteiger partial charge in [0.2, 0.25) is 0 Å². The summed E-state index contributed by atoms with van der Waals surface area (Å²) in [5.41, 5.74) is 16.4. The van der Waals surface area contributed by atoms with Crippen molar-refractivity contribution in [1.82, 2.24) is 14.6 Å². The Morgan fingerprint density at radius 1 is 1.00 bits per heavy atom.